The molecular weight excluding hydrogens is 250 g/mol. The molecule has 2 N–H and O–H groups in total. The lowest BCUT2D eigenvalue weighted by atomic mass is 10.0. The fourth-order valence-electron chi connectivity index (χ4n) is 2.53. The molecule has 0 radical (unpaired) electrons. The smallest absolute Gasteiger partial charge is 0.336 e. The summed E-state index contributed by atoms with van der Waals surface area (Å²) in [7, 11) is 0. The lowest BCUT2D eigenvalue weighted by Gasteiger charge is -2.07. The van der Waals surface area contributed by atoms with Gasteiger partial charge in [-0.15, -0.1) is 0 Å². The Balaban J connectivity index is 2.05. The molecule has 0 unspecified atom stereocenters. The van der Waals surface area contributed by atoms with Crippen LogP contribution in [-0.4, -0.2) is 0 Å². The van der Waals surface area contributed by atoms with Crippen molar-refractivity contribution in [3.8, 4) is 0 Å². The predicted molar refractivity (Wildman–Crippen MR) is 84.0 cm³/mol. The molecule has 0 aliphatic rings. The Morgan fingerprint density at radius 2 is 1.75 bits per heavy atom. The number of nitrogens with two attached hydrogens (primary N) is 1. The van der Waals surface area contributed by atoms with Crippen molar-refractivity contribution >= 4 is 16.7 Å². The van der Waals surface area contributed by atoms with Gasteiger partial charge in [0.1, 0.15) is 5.58 Å². The van der Waals surface area contributed by atoms with Gasteiger partial charge in [0, 0.05) is 17.1 Å². The number of rotatable bonds is 7. The Kier molecular flexibility index (Phi) is 5.22. The Morgan fingerprint density at radius 1 is 1.00 bits per heavy atom. The van der Waals surface area contributed by atoms with Crippen molar-refractivity contribution in [1.82, 2.24) is 0 Å². The minimum Gasteiger partial charge on any atom is -0.422 e. The molecule has 2 aromatic rings. The van der Waals surface area contributed by atoms with Crippen molar-refractivity contribution < 1.29 is 4.42 Å². The molecule has 0 bridgehead atoms. The van der Waals surface area contributed by atoms with Gasteiger partial charge in [0.15, 0.2) is 0 Å². The molecule has 0 spiro atoms. The molecule has 0 aliphatic heterocycles. The molecule has 0 saturated heterocycles. The second-order valence-corrected chi connectivity index (χ2v) is 5.33. The average molecular weight is 273 g/mol. The molecule has 0 amide bonds. The maximum Gasteiger partial charge on any atom is 0.336 e. The summed E-state index contributed by atoms with van der Waals surface area (Å²) in [5.41, 5.74) is 8.02. The first-order chi connectivity index (χ1) is 9.72. The topological polar surface area (TPSA) is 56.2 Å². The minimum atomic E-state index is -0.313. The van der Waals surface area contributed by atoms with E-state index in [2.05, 4.69) is 6.92 Å². The molecule has 1 aromatic carbocycles. The van der Waals surface area contributed by atoms with E-state index in [1.54, 1.807) is 6.07 Å². The number of fused-ring (bicyclic) bond motifs is 1. The summed E-state index contributed by atoms with van der Waals surface area (Å²) in [4.78, 5) is 11.4. The molecule has 3 nitrogen and oxygen atoms in total. The van der Waals surface area contributed by atoms with Crippen molar-refractivity contribution in [3.63, 3.8) is 0 Å². The highest BCUT2D eigenvalue weighted by Gasteiger charge is 2.07. The summed E-state index contributed by atoms with van der Waals surface area (Å²) in [6.45, 7) is 2.22. The number of nitrogen functional groups attached to an aromatic ring is 1. The van der Waals surface area contributed by atoms with Crippen LogP contribution >= 0.6 is 0 Å². The van der Waals surface area contributed by atoms with E-state index >= 15 is 0 Å². The Morgan fingerprint density at radius 3 is 2.55 bits per heavy atom. The SMILES string of the molecule is CCCCCCCCc1ccc(N)c2ccc(=O)oc12. The Bertz CT molecular complexity index is 616. The summed E-state index contributed by atoms with van der Waals surface area (Å²) in [5.74, 6) is 0. The van der Waals surface area contributed by atoms with Gasteiger partial charge in [-0.2, -0.15) is 0 Å². The monoisotopic (exact) mass is 273 g/mol. The normalized spacial score (nSPS) is 11.1. The molecule has 3 heteroatoms. The lowest BCUT2D eigenvalue weighted by Crippen LogP contribution is -1.99. The predicted octanol–water partition coefficient (Wildman–Crippen LogP) is 4.28. The summed E-state index contributed by atoms with van der Waals surface area (Å²) in [6.07, 6.45) is 8.48. The van der Waals surface area contributed by atoms with Crippen molar-refractivity contribution in [2.24, 2.45) is 0 Å². The highest BCUT2D eigenvalue weighted by molar-refractivity contribution is 5.90. The molecule has 0 atom stereocenters. The number of hydrogen-bond acceptors (Lipinski definition) is 3. The van der Waals surface area contributed by atoms with Gasteiger partial charge in [0.25, 0.3) is 0 Å². The van der Waals surface area contributed by atoms with Crippen LogP contribution in [0.25, 0.3) is 11.0 Å². The first kappa shape index (κ1) is 14.6. The zero-order chi connectivity index (χ0) is 14.4. The van der Waals surface area contributed by atoms with Crippen LogP contribution in [0.15, 0.2) is 33.5 Å². The number of benzene rings is 1. The minimum absolute atomic E-state index is 0.313. The van der Waals surface area contributed by atoms with Crippen LogP contribution in [0.2, 0.25) is 0 Å². The fourth-order valence-corrected chi connectivity index (χ4v) is 2.53. The first-order valence-electron chi connectivity index (χ1n) is 7.53. The van der Waals surface area contributed by atoms with Gasteiger partial charge in [0.2, 0.25) is 0 Å². The van der Waals surface area contributed by atoms with E-state index < -0.39 is 0 Å². The zero-order valence-corrected chi connectivity index (χ0v) is 12.2. The van der Waals surface area contributed by atoms with Crippen LogP contribution < -0.4 is 11.4 Å². The second-order valence-electron chi connectivity index (χ2n) is 5.33. The number of unbranched alkanes of at least 4 members (excludes halogenated alkanes) is 5. The number of hydrogen-bond donors (Lipinski definition) is 1. The highest BCUT2D eigenvalue weighted by Crippen LogP contribution is 2.24. The molecule has 2 rings (SSSR count). The van der Waals surface area contributed by atoms with E-state index in [1.807, 2.05) is 12.1 Å². The molecule has 1 heterocycles. The summed E-state index contributed by atoms with van der Waals surface area (Å²) in [6, 6.07) is 7.05. The van der Waals surface area contributed by atoms with Crippen LogP contribution in [0.5, 0.6) is 0 Å². The van der Waals surface area contributed by atoms with E-state index in [0.29, 0.717) is 11.3 Å². The van der Waals surface area contributed by atoms with E-state index in [9.17, 15) is 4.79 Å². The van der Waals surface area contributed by atoms with E-state index in [0.717, 1.165) is 23.8 Å². The van der Waals surface area contributed by atoms with Gasteiger partial charge < -0.3 is 10.2 Å². The maximum atomic E-state index is 11.4. The van der Waals surface area contributed by atoms with Crippen LogP contribution in [-0.2, 0) is 6.42 Å². The first-order valence-corrected chi connectivity index (χ1v) is 7.53. The van der Waals surface area contributed by atoms with Gasteiger partial charge >= 0.3 is 5.63 Å². The lowest BCUT2D eigenvalue weighted by molar-refractivity contribution is 0.553. The average Bonchev–Trinajstić information content (AvgIpc) is 2.45. The van der Waals surface area contributed by atoms with Crippen LogP contribution in [0, 0.1) is 0 Å². The van der Waals surface area contributed by atoms with Gasteiger partial charge in [-0.25, -0.2) is 4.79 Å². The number of anilines is 1. The molecule has 20 heavy (non-hydrogen) atoms. The van der Waals surface area contributed by atoms with Gasteiger partial charge in [-0.3, -0.25) is 0 Å². The van der Waals surface area contributed by atoms with Crippen LogP contribution in [0.1, 0.15) is 51.0 Å². The van der Waals surface area contributed by atoms with Gasteiger partial charge in [-0.1, -0.05) is 45.1 Å². The zero-order valence-electron chi connectivity index (χ0n) is 12.2. The third kappa shape index (κ3) is 3.62. The Hall–Kier alpha value is -1.77. The molecule has 0 saturated carbocycles. The van der Waals surface area contributed by atoms with Crippen LogP contribution in [0.3, 0.4) is 0 Å². The summed E-state index contributed by atoms with van der Waals surface area (Å²) in [5, 5.41) is 0.841. The molecule has 108 valence electrons. The number of aryl methyl sites for hydroxylation is 1. The van der Waals surface area contributed by atoms with E-state index in [-0.39, 0.29) is 5.63 Å². The molecule has 0 aliphatic carbocycles. The van der Waals surface area contributed by atoms with Crippen molar-refractivity contribution in [3.05, 3.63) is 40.2 Å². The van der Waals surface area contributed by atoms with Crippen molar-refractivity contribution in [2.75, 3.05) is 5.73 Å². The van der Waals surface area contributed by atoms with E-state index in [1.165, 1.54) is 38.2 Å². The van der Waals surface area contributed by atoms with Crippen molar-refractivity contribution in [1.29, 1.82) is 0 Å². The van der Waals surface area contributed by atoms with Crippen LogP contribution in [0.4, 0.5) is 5.69 Å². The Labute approximate surface area is 119 Å². The largest absolute Gasteiger partial charge is 0.422 e. The van der Waals surface area contributed by atoms with E-state index in [4.69, 9.17) is 10.2 Å². The summed E-state index contributed by atoms with van der Waals surface area (Å²) >= 11 is 0. The third-order valence-corrected chi connectivity index (χ3v) is 3.70. The summed E-state index contributed by atoms with van der Waals surface area (Å²) < 4.78 is 5.33. The van der Waals surface area contributed by atoms with Gasteiger partial charge in [-0.05, 0) is 30.5 Å². The highest BCUT2D eigenvalue weighted by atomic mass is 16.4. The molecular formula is C17H23NO2. The standard InChI is InChI=1S/C17H23NO2/c1-2-3-4-5-6-7-8-13-9-11-15(18)14-10-12-16(19)20-17(13)14/h9-12H,2-8,18H2,1H3. The third-order valence-electron chi connectivity index (χ3n) is 3.70. The molecule has 1 aromatic heterocycles. The molecule has 0 fully saturated rings. The maximum absolute atomic E-state index is 11.4. The van der Waals surface area contributed by atoms with Crippen molar-refractivity contribution in [2.45, 2.75) is 51.9 Å². The quantitative estimate of drug-likeness (QED) is 0.465. The second kappa shape index (κ2) is 7.13. The van der Waals surface area contributed by atoms with Gasteiger partial charge in [0.05, 0.1) is 0 Å². The fraction of sp³-hybridized carbons (Fsp3) is 0.471.